The van der Waals surface area contributed by atoms with Gasteiger partial charge in [0.1, 0.15) is 13.2 Å². The smallest absolute Gasteiger partial charge is 0.243 e. The molecule has 6 aromatic rings. The van der Waals surface area contributed by atoms with E-state index in [9.17, 15) is 27.0 Å². The number of aryl methyl sites for hydroxylation is 2. The van der Waals surface area contributed by atoms with Crippen molar-refractivity contribution in [2.75, 3.05) is 92.2 Å². The Morgan fingerprint density at radius 1 is 0.471 bits per heavy atom. The zero-order chi connectivity index (χ0) is 48.1. The predicted molar refractivity (Wildman–Crippen MR) is 262 cm³/mol. The lowest BCUT2D eigenvalue weighted by Crippen LogP contribution is -2.37. The molecule has 0 spiro atoms. The third kappa shape index (κ3) is 12.7. The number of hydrogen-bond donors (Lipinski definition) is 2. The van der Waals surface area contributed by atoms with Crippen molar-refractivity contribution in [1.82, 2.24) is 8.61 Å². The Kier molecular flexibility index (Phi) is 17.5. The lowest BCUT2D eigenvalue weighted by molar-refractivity contribution is 0.0365. The van der Waals surface area contributed by atoms with Crippen LogP contribution in [0.3, 0.4) is 0 Å². The zero-order valence-electron chi connectivity index (χ0n) is 38.6. The van der Waals surface area contributed by atoms with E-state index in [2.05, 4.69) is 6.58 Å². The van der Waals surface area contributed by atoms with Gasteiger partial charge in [-0.15, -0.1) is 0 Å². The highest BCUT2D eigenvalue weighted by atomic mass is 32.2. The van der Waals surface area contributed by atoms with Crippen LogP contribution in [0.1, 0.15) is 22.3 Å². The second-order valence-electron chi connectivity index (χ2n) is 16.5. The molecule has 0 unspecified atom stereocenters. The number of fused-ring (bicyclic) bond motifs is 8. The van der Waals surface area contributed by atoms with Crippen LogP contribution < -0.4 is 9.47 Å². The van der Waals surface area contributed by atoms with Crippen molar-refractivity contribution in [3.63, 3.8) is 0 Å². The summed E-state index contributed by atoms with van der Waals surface area (Å²) in [7, 11) is -7.82. The van der Waals surface area contributed by atoms with Crippen LogP contribution in [0.5, 0.6) is 23.0 Å². The van der Waals surface area contributed by atoms with Gasteiger partial charge >= 0.3 is 0 Å². The summed E-state index contributed by atoms with van der Waals surface area (Å²) in [6.07, 6.45) is 0.537. The maximum atomic E-state index is 13.8. The third-order valence-corrected chi connectivity index (χ3v) is 15.5. The molecule has 0 aromatic heterocycles. The van der Waals surface area contributed by atoms with Crippen molar-refractivity contribution in [1.29, 1.82) is 0 Å². The Bertz CT molecular complexity index is 2680. The number of nitrogens with zero attached hydrogens (tertiary/aromatic N) is 2. The summed E-state index contributed by atoms with van der Waals surface area (Å²) in [6.45, 7) is 9.27. The Balaban J connectivity index is 1.11. The number of allylic oxidation sites excluding steroid dienone is 1. The van der Waals surface area contributed by atoms with Gasteiger partial charge < -0.3 is 38.6 Å². The molecule has 1 aliphatic rings. The molecule has 0 saturated heterocycles. The van der Waals surface area contributed by atoms with E-state index in [1.807, 2.05) is 62.4 Å². The standard InChI is InChI=1S/C52H60N2O12S2/c1-38-12-16-43(17-13-38)67(57,58)53-20-24-61-28-29-62-25-21-54(68(59,60)44-18-14-39(2)15-19-44)23-27-64-31-33-66-50-37-42-9-5-7-11-46(42)48(52(50)56)35-40(3)34-47-45-10-6-4-8-41(45)36-49(51(47)55)65-32-30-63-26-22-53/h4-19,36-37,55-56H,3,20-35H2,1-2H3. The van der Waals surface area contributed by atoms with Crippen LogP contribution in [0, 0.1) is 13.8 Å². The number of hydrogen-bond acceptors (Lipinski definition) is 12. The molecule has 0 radical (unpaired) electrons. The van der Waals surface area contributed by atoms with E-state index in [0.717, 1.165) is 32.7 Å². The highest BCUT2D eigenvalue weighted by Gasteiger charge is 2.26. The summed E-state index contributed by atoms with van der Waals surface area (Å²) in [5, 5.41) is 26.7. The van der Waals surface area contributed by atoms with Gasteiger partial charge in [-0.3, -0.25) is 0 Å². The SMILES string of the molecule is C=C1Cc2c(O)c(cc3ccccc23)OCCOCCN(S(=O)(=O)c2ccc(C)cc2)CCOCCOCCN(S(=O)(=O)c2ccc(C)cc2)CCOCCOc2cc3ccccc3c(c2O)C1. The predicted octanol–water partition coefficient (Wildman–Crippen LogP) is 7.58. The zero-order valence-corrected chi connectivity index (χ0v) is 40.2. The van der Waals surface area contributed by atoms with Gasteiger partial charge in [0.2, 0.25) is 20.0 Å². The van der Waals surface area contributed by atoms with E-state index in [4.69, 9.17) is 28.4 Å². The second kappa shape index (κ2) is 23.6. The lowest BCUT2D eigenvalue weighted by atomic mass is 9.92. The van der Waals surface area contributed by atoms with Crippen LogP contribution in [-0.2, 0) is 51.8 Å². The number of sulfonamides is 2. The number of phenols is 2. The minimum Gasteiger partial charge on any atom is -0.504 e. The molecule has 2 N–H and O–H groups in total. The van der Waals surface area contributed by atoms with E-state index < -0.39 is 20.0 Å². The maximum Gasteiger partial charge on any atom is 0.243 e. The van der Waals surface area contributed by atoms with Gasteiger partial charge in [0.15, 0.2) is 23.0 Å². The van der Waals surface area contributed by atoms with Crippen molar-refractivity contribution in [3.8, 4) is 23.0 Å². The Morgan fingerprint density at radius 3 is 1.18 bits per heavy atom. The average Bonchev–Trinajstić information content (AvgIpc) is 3.32. The third-order valence-electron chi connectivity index (χ3n) is 11.6. The normalized spacial score (nSPS) is 17.2. The average molecular weight is 969 g/mol. The van der Waals surface area contributed by atoms with Crippen LogP contribution in [0.25, 0.3) is 21.5 Å². The minimum absolute atomic E-state index is 0.0389. The molecule has 14 nitrogen and oxygen atoms in total. The molecular weight excluding hydrogens is 909 g/mol. The van der Waals surface area contributed by atoms with Crippen LogP contribution in [0.2, 0.25) is 0 Å². The highest BCUT2D eigenvalue weighted by molar-refractivity contribution is 7.89. The van der Waals surface area contributed by atoms with Gasteiger partial charge in [-0.2, -0.15) is 8.61 Å². The van der Waals surface area contributed by atoms with E-state index in [-0.39, 0.29) is 138 Å². The van der Waals surface area contributed by atoms with Gasteiger partial charge in [0.05, 0.1) is 62.6 Å². The molecule has 6 aromatic carbocycles. The quantitative estimate of drug-likeness (QED) is 0.166. The monoisotopic (exact) mass is 968 g/mol. The first-order valence-corrected chi connectivity index (χ1v) is 25.5. The molecular formula is C52H60N2O12S2. The van der Waals surface area contributed by atoms with Crippen molar-refractivity contribution in [2.24, 2.45) is 0 Å². The van der Waals surface area contributed by atoms with Gasteiger partial charge in [0.25, 0.3) is 0 Å². The number of benzene rings is 6. The Labute approximate surface area is 399 Å². The summed E-state index contributed by atoms with van der Waals surface area (Å²) in [5.41, 5.74) is 3.80. The van der Waals surface area contributed by atoms with Crippen LogP contribution >= 0.6 is 0 Å². The molecule has 4 bridgehead atoms. The largest absolute Gasteiger partial charge is 0.504 e. The van der Waals surface area contributed by atoms with Crippen LogP contribution in [0.4, 0.5) is 0 Å². The second-order valence-corrected chi connectivity index (χ2v) is 20.4. The summed E-state index contributed by atoms with van der Waals surface area (Å²) in [4.78, 5) is 0.297. The number of ether oxygens (including phenoxy) is 6. The molecule has 68 heavy (non-hydrogen) atoms. The van der Waals surface area contributed by atoms with Crippen molar-refractivity contribution < 1.29 is 55.5 Å². The first-order valence-electron chi connectivity index (χ1n) is 22.7. The summed E-state index contributed by atoms with van der Waals surface area (Å²) >= 11 is 0. The number of phenolic OH excluding ortho intramolecular Hbond substituents is 2. The molecule has 0 fully saturated rings. The molecule has 0 aliphatic carbocycles. The van der Waals surface area contributed by atoms with E-state index in [1.54, 1.807) is 60.7 Å². The van der Waals surface area contributed by atoms with Gasteiger partial charge in [-0.25, -0.2) is 16.8 Å². The van der Waals surface area contributed by atoms with E-state index in [0.29, 0.717) is 16.7 Å². The van der Waals surface area contributed by atoms with E-state index in [1.165, 1.54) is 8.61 Å². The minimum atomic E-state index is -3.91. The molecule has 1 aliphatic heterocycles. The molecule has 16 heteroatoms. The van der Waals surface area contributed by atoms with Crippen molar-refractivity contribution in [3.05, 3.63) is 144 Å². The summed E-state index contributed by atoms with van der Waals surface area (Å²) in [6, 6.07) is 32.1. The first kappa shape index (κ1) is 50.3. The van der Waals surface area contributed by atoms with Crippen LogP contribution in [0.15, 0.2) is 131 Å². The molecule has 1 heterocycles. The molecule has 0 saturated carbocycles. The number of aromatic hydroxyl groups is 2. The highest BCUT2D eigenvalue weighted by Crippen LogP contribution is 2.41. The van der Waals surface area contributed by atoms with Gasteiger partial charge in [-0.05, 0) is 84.6 Å². The van der Waals surface area contributed by atoms with Gasteiger partial charge in [0, 0.05) is 37.3 Å². The van der Waals surface area contributed by atoms with E-state index >= 15 is 0 Å². The molecule has 0 amide bonds. The summed E-state index contributed by atoms with van der Waals surface area (Å²) in [5.74, 6) is 0.453. The summed E-state index contributed by atoms with van der Waals surface area (Å²) < 4.78 is 93.4. The van der Waals surface area contributed by atoms with Crippen LogP contribution in [-0.4, -0.2) is 128 Å². The molecule has 0 atom stereocenters. The van der Waals surface area contributed by atoms with Gasteiger partial charge in [-0.1, -0.05) is 96.1 Å². The van der Waals surface area contributed by atoms with Crippen molar-refractivity contribution in [2.45, 2.75) is 36.5 Å². The Morgan fingerprint density at radius 2 is 0.809 bits per heavy atom. The first-order chi connectivity index (χ1) is 32.8. The maximum absolute atomic E-state index is 13.8. The fourth-order valence-corrected chi connectivity index (χ4v) is 10.8. The lowest BCUT2D eigenvalue weighted by Gasteiger charge is -2.23. The fraction of sp³-hybridized carbons (Fsp3) is 0.346. The molecule has 7 rings (SSSR count). The number of rotatable bonds is 4. The fourth-order valence-electron chi connectivity index (χ4n) is 7.94. The van der Waals surface area contributed by atoms with Crippen molar-refractivity contribution >= 4 is 41.6 Å². The molecule has 362 valence electrons. The topological polar surface area (TPSA) is 171 Å². The Hall–Kier alpha value is -5.56.